The first-order valence-electron chi connectivity index (χ1n) is 10.5. The number of ether oxygens (including phenoxy) is 2. The van der Waals surface area contributed by atoms with E-state index in [2.05, 4.69) is 10.1 Å². The second kappa shape index (κ2) is 8.75. The molecule has 10 nitrogen and oxygen atoms in total. The molecule has 0 saturated carbocycles. The molecule has 10 heteroatoms. The SMILES string of the molecule is COc1cc(C=Nn2c(-c3cc4ccccc4o3)nc3ccccc3c2=O)c([N+](=O)[O-])cc1OC. The molecule has 5 rings (SSSR count). The molecule has 5 aromatic rings. The molecule has 0 amide bonds. The highest BCUT2D eigenvalue weighted by atomic mass is 16.6. The van der Waals surface area contributed by atoms with Gasteiger partial charge in [-0.2, -0.15) is 9.78 Å². The monoisotopic (exact) mass is 470 g/mol. The molecule has 0 saturated heterocycles. The summed E-state index contributed by atoms with van der Waals surface area (Å²) >= 11 is 0. The predicted molar refractivity (Wildman–Crippen MR) is 130 cm³/mol. The minimum Gasteiger partial charge on any atom is -0.493 e. The van der Waals surface area contributed by atoms with Crippen molar-refractivity contribution in [1.82, 2.24) is 9.66 Å². The number of fused-ring (bicyclic) bond motifs is 2. The zero-order chi connectivity index (χ0) is 24.5. The van der Waals surface area contributed by atoms with Crippen molar-refractivity contribution < 1.29 is 18.8 Å². The van der Waals surface area contributed by atoms with Crippen LogP contribution in [-0.4, -0.2) is 35.0 Å². The number of aromatic nitrogens is 2. The van der Waals surface area contributed by atoms with Gasteiger partial charge in [-0.15, -0.1) is 0 Å². The molecule has 2 aromatic heterocycles. The zero-order valence-electron chi connectivity index (χ0n) is 18.7. The lowest BCUT2D eigenvalue weighted by Gasteiger charge is -2.09. The third kappa shape index (κ3) is 3.86. The molecule has 0 spiro atoms. The Morgan fingerprint density at radius 1 is 1.03 bits per heavy atom. The Kier molecular flexibility index (Phi) is 5.46. The van der Waals surface area contributed by atoms with Crippen molar-refractivity contribution in [3.63, 3.8) is 0 Å². The summed E-state index contributed by atoms with van der Waals surface area (Å²) in [5.74, 6) is 0.960. The lowest BCUT2D eigenvalue weighted by molar-refractivity contribution is -0.385. The number of methoxy groups -OCH3 is 2. The van der Waals surface area contributed by atoms with E-state index in [-0.39, 0.29) is 28.6 Å². The van der Waals surface area contributed by atoms with Crippen LogP contribution in [0.25, 0.3) is 33.5 Å². The van der Waals surface area contributed by atoms with Crippen molar-refractivity contribution in [2.45, 2.75) is 0 Å². The molecule has 0 N–H and O–H groups in total. The van der Waals surface area contributed by atoms with Crippen LogP contribution in [0.4, 0.5) is 5.69 Å². The fraction of sp³-hybridized carbons (Fsp3) is 0.0800. The molecular weight excluding hydrogens is 452 g/mol. The van der Waals surface area contributed by atoms with E-state index in [1.165, 1.54) is 32.6 Å². The summed E-state index contributed by atoms with van der Waals surface area (Å²) in [5, 5.41) is 17.2. The van der Waals surface area contributed by atoms with Gasteiger partial charge in [0.25, 0.3) is 11.2 Å². The van der Waals surface area contributed by atoms with Crippen LogP contribution in [0.1, 0.15) is 5.56 Å². The van der Waals surface area contributed by atoms with Gasteiger partial charge in [-0.05, 0) is 30.3 Å². The summed E-state index contributed by atoms with van der Waals surface area (Å²) in [6.45, 7) is 0. The maximum Gasteiger partial charge on any atom is 0.282 e. The summed E-state index contributed by atoms with van der Waals surface area (Å²) in [6.07, 6.45) is 1.21. The fourth-order valence-corrected chi connectivity index (χ4v) is 3.75. The Labute approximate surface area is 197 Å². The van der Waals surface area contributed by atoms with Crippen LogP contribution in [-0.2, 0) is 0 Å². The van der Waals surface area contributed by atoms with Crippen LogP contribution in [0.3, 0.4) is 0 Å². The van der Waals surface area contributed by atoms with Gasteiger partial charge in [-0.3, -0.25) is 14.9 Å². The van der Waals surface area contributed by atoms with Gasteiger partial charge < -0.3 is 13.9 Å². The van der Waals surface area contributed by atoms with E-state index in [1.54, 1.807) is 36.4 Å². The third-order valence-electron chi connectivity index (χ3n) is 5.44. The van der Waals surface area contributed by atoms with E-state index in [0.717, 1.165) is 10.1 Å². The van der Waals surface area contributed by atoms with E-state index in [1.807, 2.05) is 18.2 Å². The lowest BCUT2D eigenvalue weighted by atomic mass is 10.1. The lowest BCUT2D eigenvalue weighted by Crippen LogP contribution is -2.20. The number of nitro groups is 1. The first kappa shape index (κ1) is 21.8. The first-order valence-corrected chi connectivity index (χ1v) is 10.5. The van der Waals surface area contributed by atoms with Gasteiger partial charge in [-0.25, -0.2) is 4.98 Å². The molecule has 0 aliphatic carbocycles. The normalized spacial score (nSPS) is 11.4. The van der Waals surface area contributed by atoms with Crippen LogP contribution in [0.15, 0.2) is 81.0 Å². The average molecular weight is 470 g/mol. The van der Waals surface area contributed by atoms with Gasteiger partial charge in [0.05, 0.1) is 47.9 Å². The zero-order valence-corrected chi connectivity index (χ0v) is 18.7. The van der Waals surface area contributed by atoms with E-state index >= 15 is 0 Å². The van der Waals surface area contributed by atoms with Gasteiger partial charge in [0.15, 0.2) is 17.3 Å². The second-order valence-electron chi connectivity index (χ2n) is 7.49. The van der Waals surface area contributed by atoms with Crippen molar-refractivity contribution in [3.8, 4) is 23.1 Å². The topological polar surface area (TPSA) is 122 Å². The Balaban J connectivity index is 1.74. The molecular formula is C25H18N4O6. The number of para-hydroxylation sites is 2. The van der Waals surface area contributed by atoms with Gasteiger partial charge >= 0.3 is 0 Å². The Hall–Kier alpha value is -4.99. The number of furan rings is 1. The van der Waals surface area contributed by atoms with Crippen LogP contribution in [0.5, 0.6) is 11.5 Å². The minimum absolute atomic E-state index is 0.114. The molecule has 0 aliphatic heterocycles. The van der Waals surface area contributed by atoms with Gasteiger partial charge in [-0.1, -0.05) is 30.3 Å². The molecule has 0 unspecified atom stereocenters. The number of benzene rings is 3. The molecule has 0 fully saturated rings. The third-order valence-corrected chi connectivity index (χ3v) is 5.44. The van der Waals surface area contributed by atoms with Crippen LogP contribution >= 0.6 is 0 Å². The van der Waals surface area contributed by atoms with E-state index in [9.17, 15) is 14.9 Å². The predicted octanol–water partition coefficient (Wildman–Crippen LogP) is 4.62. The Morgan fingerprint density at radius 2 is 1.74 bits per heavy atom. The van der Waals surface area contributed by atoms with E-state index < -0.39 is 10.5 Å². The quantitative estimate of drug-likeness (QED) is 0.202. The molecule has 0 radical (unpaired) electrons. The van der Waals surface area contributed by atoms with Gasteiger partial charge in [0, 0.05) is 5.39 Å². The summed E-state index contributed by atoms with van der Waals surface area (Å²) in [7, 11) is 2.80. The van der Waals surface area contributed by atoms with Gasteiger partial charge in [0.1, 0.15) is 5.58 Å². The molecule has 2 heterocycles. The average Bonchev–Trinajstić information content (AvgIpc) is 3.31. The van der Waals surface area contributed by atoms with E-state index in [0.29, 0.717) is 22.2 Å². The molecule has 174 valence electrons. The highest BCUT2D eigenvalue weighted by molar-refractivity contribution is 5.88. The molecule has 0 atom stereocenters. The highest BCUT2D eigenvalue weighted by Gasteiger charge is 2.20. The van der Waals surface area contributed by atoms with Crippen molar-refractivity contribution >= 4 is 33.8 Å². The molecule has 0 bridgehead atoms. The van der Waals surface area contributed by atoms with Crippen molar-refractivity contribution in [1.29, 1.82) is 0 Å². The number of rotatable bonds is 6. The number of hydrogen-bond donors (Lipinski definition) is 0. The smallest absolute Gasteiger partial charge is 0.282 e. The first-order chi connectivity index (χ1) is 17.0. The Bertz CT molecular complexity index is 1650. The van der Waals surface area contributed by atoms with Gasteiger partial charge in [0.2, 0.25) is 5.82 Å². The largest absolute Gasteiger partial charge is 0.493 e. The number of nitrogens with zero attached hydrogens (tertiary/aromatic N) is 4. The maximum atomic E-state index is 13.4. The maximum absolute atomic E-state index is 13.4. The van der Waals surface area contributed by atoms with Crippen molar-refractivity contribution in [2.75, 3.05) is 14.2 Å². The number of hydrogen-bond acceptors (Lipinski definition) is 8. The molecule has 3 aromatic carbocycles. The summed E-state index contributed by atoms with van der Waals surface area (Å²) < 4.78 is 17.4. The summed E-state index contributed by atoms with van der Waals surface area (Å²) in [5.41, 5.74) is 0.486. The second-order valence-corrected chi connectivity index (χ2v) is 7.49. The summed E-state index contributed by atoms with van der Waals surface area (Å²) in [4.78, 5) is 29.1. The summed E-state index contributed by atoms with van der Waals surface area (Å²) in [6, 6.07) is 18.7. The van der Waals surface area contributed by atoms with Crippen LogP contribution in [0, 0.1) is 10.1 Å². The fourth-order valence-electron chi connectivity index (χ4n) is 3.75. The van der Waals surface area contributed by atoms with Crippen molar-refractivity contribution in [2.24, 2.45) is 5.10 Å². The highest BCUT2D eigenvalue weighted by Crippen LogP contribution is 2.34. The van der Waals surface area contributed by atoms with Crippen LogP contribution in [0.2, 0.25) is 0 Å². The molecule has 35 heavy (non-hydrogen) atoms. The van der Waals surface area contributed by atoms with Crippen molar-refractivity contribution in [3.05, 3.63) is 92.8 Å². The molecule has 0 aliphatic rings. The minimum atomic E-state index is -0.565. The van der Waals surface area contributed by atoms with E-state index in [4.69, 9.17) is 13.9 Å². The Morgan fingerprint density at radius 3 is 2.49 bits per heavy atom. The standard InChI is InChI=1S/C25H18N4O6/c1-33-21-12-16(19(29(31)32)13-22(21)34-2)14-26-28-24(23-11-15-7-3-6-10-20(15)35-23)27-18-9-5-4-8-17(18)25(28)30/h3-14H,1-2H3. The number of nitro benzene ring substituents is 1. The van der Waals surface area contributed by atoms with Crippen LogP contribution < -0.4 is 15.0 Å².